The summed E-state index contributed by atoms with van der Waals surface area (Å²) >= 11 is 13.4. The highest BCUT2D eigenvalue weighted by molar-refractivity contribution is 6.35. The van der Waals surface area contributed by atoms with Crippen LogP contribution in [0, 0.1) is 0 Å². The molecule has 0 radical (unpaired) electrons. The Morgan fingerprint density at radius 3 is 2.52 bits per heavy atom. The molecule has 29 heavy (non-hydrogen) atoms. The lowest BCUT2D eigenvalue weighted by Crippen LogP contribution is -2.53. The van der Waals surface area contributed by atoms with Crippen LogP contribution in [-0.2, 0) is 0 Å². The molecule has 0 saturated heterocycles. The molecule has 2 unspecified atom stereocenters. The highest BCUT2D eigenvalue weighted by Crippen LogP contribution is 2.46. The summed E-state index contributed by atoms with van der Waals surface area (Å²) in [6.07, 6.45) is 5.43. The van der Waals surface area contributed by atoms with Crippen LogP contribution in [0.2, 0.25) is 5.02 Å². The SMILES string of the molecule is NC(=O)N(c1ccccc1Cl)C1(Cl)C=CC(c2ccccc2)=CC1c1nn[nH]n1. The first-order valence-corrected chi connectivity index (χ1v) is 9.49. The van der Waals surface area contributed by atoms with Crippen molar-refractivity contribution in [1.82, 2.24) is 20.6 Å². The number of nitrogens with two attached hydrogens (primary N) is 1. The highest BCUT2D eigenvalue weighted by atomic mass is 35.5. The number of para-hydroxylation sites is 1. The van der Waals surface area contributed by atoms with Crippen LogP contribution in [0.25, 0.3) is 5.57 Å². The zero-order valence-corrected chi connectivity index (χ0v) is 16.5. The number of aromatic amines is 1. The van der Waals surface area contributed by atoms with Crippen molar-refractivity contribution < 1.29 is 4.79 Å². The van der Waals surface area contributed by atoms with Crippen LogP contribution >= 0.6 is 23.2 Å². The molecular weight excluding hydrogens is 411 g/mol. The fourth-order valence-electron chi connectivity index (χ4n) is 3.36. The van der Waals surface area contributed by atoms with Crippen molar-refractivity contribution in [2.75, 3.05) is 4.90 Å². The number of nitrogens with one attached hydrogen (secondary N) is 1. The van der Waals surface area contributed by atoms with Gasteiger partial charge in [0.25, 0.3) is 0 Å². The number of carbonyl (C=O) groups excluding carboxylic acids is 1. The summed E-state index contributed by atoms with van der Waals surface area (Å²) in [5, 5.41) is 14.6. The van der Waals surface area contributed by atoms with E-state index in [0.717, 1.165) is 11.1 Å². The standard InChI is InChI=1S/C20H16Cl2N6O/c21-16-8-4-5-9-17(16)28(19(23)29)20(22)11-10-14(13-6-2-1-3-7-13)12-15(20)18-24-26-27-25-18/h1-12,15H,(H2,23,29)(H,24,25,26,27). The van der Waals surface area contributed by atoms with Gasteiger partial charge in [-0.15, -0.1) is 10.2 Å². The molecule has 0 spiro atoms. The number of nitrogens with zero attached hydrogens (tertiary/aromatic N) is 4. The number of tetrazole rings is 1. The molecule has 1 aliphatic rings. The summed E-state index contributed by atoms with van der Waals surface area (Å²) < 4.78 is 0. The predicted octanol–water partition coefficient (Wildman–Crippen LogP) is 4.11. The van der Waals surface area contributed by atoms with Gasteiger partial charge in [0.05, 0.1) is 16.6 Å². The summed E-state index contributed by atoms with van der Waals surface area (Å²) in [5.74, 6) is -0.331. The summed E-state index contributed by atoms with van der Waals surface area (Å²) in [6, 6.07) is 15.8. The molecule has 1 heterocycles. The second-order valence-corrected chi connectivity index (χ2v) is 7.43. The monoisotopic (exact) mass is 426 g/mol. The third-order valence-corrected chi connectivity index (χ3v) is 5.53. The minimum atomic E-state index is -1.43. The number of anilines is 1. The number of hydrogen-bond donors (Lipinski definition) is 2. The molecule has 9 heteroatoms. The van der Waals surface area contributed by atoms with Crippen molar-refractivity contribution in [3.63, 3.8) is 0 Å². The van der Waals surface area contributed by atoms with E-state index in [1.807, 2.05) is 42.5 Å². The summed E-state index contributed by atoms with van der Waals surface area (Å²) in [6.45, 7) is 0. The Bertz CT molecular complexity index is 1080. The molecule has 146 valence electrons. The van der Waals surface area contributed by atoms with Gasteiger partial charge in [0, 0.05) is 0 Å². The number of halogens is 2. The average molecular weight is 427 g/mol. The first-order chi connectivity index (χ1) is 14.0. The number of urea groups is 1. The molecule has 2 amide bonds. The van der Waals surface area contributed by atoms with Crippen LogP contribution in [-0.4, -0.2) is 31.7 Å². The van der Waals surface area contributed by atoms with Gasteiger partial charge in [0.15, 0.2) is 10.8 Å². The molecule has 2 atom stereocenters. The van der Waals surface area contributed by atoms with Gasteiger partial charge in [-0.2, -0.15) is 5.21 Å². The van der Waals surface area contributed by atoms with Crippen molar-refractivity contribution in [2.45, 2.75) is 10.9 Å². The number of benzene rings is 2. The number of amides is 2. The molecule has 1 aliphatic carbocycles. The van der Waals surface area contributed by atoms with Crippen molar-refractivity contribution >= 4 is 40.5 Å². The van der Waals surface area contributed by atoms with E-state index in [1.165, 1.54) is 4.90 Å². The van der Waals surface area contributed by atoms with Gasteiger partial charge in [-0.25, -0.2) is 4.79 Å². The summed E-state index contributed by atoms with van der Waals surface area (Å²) in [4.78, 5) is 12.3. The third-order valence-electron chi connectivity index (χ3n) is 4.68. The fourth-order valence-corrected chi connectivity index (χ4v) is 3.98. The van der Waals surface area contributed by atoms with Crippen molar-refractivity contribution in [1.29, 1.82) is 0 Å². The van der Waals surface area contributed by atoms with E-state index in [1.54, 1.807) is 30.3 Å². The summed E-state index contributed by atoms with van der Waals surface area (Å²) in [5.41, 5.74) is 8.01. The zero-order valence-electron chi connectivity index (χ0n) is 15.0. The van der Waals surface area contributed by atoms with Gasteiger partial charge < -0.3 is 5.73 Å². The molecule has 4 rings (SSSR count). The third kappa shape index (κ3) is 3.50. The van der Waals surface area contributed by atoms with E-state index >= 15 is 0 Å². The molecule has 0 saturated carbocycles. The van der Waals surface area contributed by atoms with Crippen LogP contribution in [0.1, 0.15) is 17.3 Å². The van der Waals surface area contributed by atoms with Crippen molar-refractivity contribution in [3.05, 3.63) is 89.2 Å². The smallest absolute Gasteiger partial charge is 0.321 e. The molecule has 0 fully saturated rings. The number of H-pyrrole nitrogens is 1. The van der Waals surface area contributed by atoms with E-state index in [0.29, 0.717) is 16.5 Å². The number of allylic oxidation sites excluding steroid dienone is 2. The second-order valence-electron chi connectivity index (χ2n) is 6.42. The van der Waals surface area contributed by atoms with Crippen LogP contribution in [0.15, 0.2) is 72.8 Å². The van der Waals surface area contributed by atoms with Gasteiger partial charge in [-0.3, -0.25) is 4.90 Å². The Labute approximate surface area is 176 Å². The topological polar surface area (TPSA) is 101 Å². The Balaban J connectivity index is 1.87. The zero-order chi connectivity index (χ0) is 20.4. The Kier molecular flexibility index (Phi) is 5.08. The minimum absolute atomic E-state index is 0.316. The van der Waals surface area contributed by atoms with Crippen molar-refractivity contribution in [2.24, 2.45) is 5.73 Å². The number of alkyl halides is 1. The van der Waals surface area contributed by atoms with E-state index in [-0.39, 0.29) is 0 Å². The number of primary amides is 1. The first kappa shape index (κ1) is 19.2. The Morgan fingerprint density at radius 2 is 1.86 bits per heavy atom. The van der Waals surface area contributed by atoms with E-state index in [9.17, 15) is 4.79 Å². The minimum Gasteiger partial charge on any atom is -0.351 e. The average Bonchev–Trinajstić information content (AvgIpc) is 3.25. The lowest BCUT2D eigenvalue weighted by molar-refractivity contribution is 0.251. The van der Waals surface area contributed by atoms with Gasteiger partial charge in [0.2, 0.25) is 0 Å². The molecule has 2 aromatic carbocycles. The normalized spacial score (nSPS) is 20.9. The maximum absolute atomic E-state index is 12.5. The van der Waals surface area contributed by atoms with Gasteiger partial charge >= 0.3 is 6.03 Å². The number of carbonyl (C=O) groups is 1. The first-order valence-electron chi connectivity index (χ1n) is 8.73. The number of hydrogen-bond acceptors (Lipinski definition) is 4. The largest absolute Gasteiger partial charge is 0.351 e. The molecule has 3 aromatic rings. The number of aromatic nitrogens is 4. The lowest BCUT2D eigenvalue weighted by atomic mass is 9.86. The highest BCUT2D eigenvalue weighted by Gasteiger charge is 2.47. The molecule has 0 aliphatic heterocycles. The maximum Gasteiger partial charge on any atom is 0.321 e. The van der Waals surface area contributed by atoms with E-state index < -0.39 is 16.9 Å². The quantitative estimate of drug-likeness (QED) is 0.483. The maximum atomic E-state index is 12.5. The fraction of sp³-hybridized carbons (Fsp3) is 0.100. The molecule has 3 N–H and O–H groups in total. The van der Waals surface area contributed by atoms with Gasteiger partial charge in [-0.1, -0.05) is 83.0 Å². The van der Waals surface area contributed by atoms with Gasteiger partial charge in [-0.05, 0) is 29.3 Å². The molecule has 1 aromatic heterocycles. The van der Waals surface area contributed by atoms with Crippen LogP contribution in [0.3, 0.4) is 0 Å². The van der Waals surface area contributed by atoms with Gasteiger partial charge in [0.1, 0.15) is 0 Å². The van der Waals surface area contributed by atoms with E-state index in [2.05, 4.69) is 20.6 Å². The second kappa shape index (κ2) is 7.69. The van der Waals surface area contributed by atoms with E-state index in [4.69, 9.17) is 28.9 Å². The molecular formula is C20H16Cl2N6O. The lowest BCUT2D eigenvalue weighted by Gasteiger charge is -2.41. The van der Waals surface area contributed by atoms with Crippen LogP contribution in [0.4, 0.5) is 10.5 Å². The molecule has 0 bridgehead atoms. The van der Waals surface area contributed by atoms with Crippen LogP contribution in [0.5, 0.6) is 0 Å². The summed E-state index contributed by atoms with van der Waals surface area (Å²) in [7, 11) is 0. The Hall–Kier alpha value is -3.16. The van der Waals surface area contributed by atoms with Crippen molar-refractivity contribution in [3.8, 4) is 0 Å². The van der Waals surface area contributed by atoms with Crippen LogP contribution < -0.4 is 10.6 Å². The number of rotatable bonds is 4. The Morgan fingerprint density at radius 1 is 1.14 bits per heavy atom. The molecule has 7 nitrogen and oxygen atoms in total. The predicted molar refractivity (Wildman–Crippen MR) is 113 cm³/mol.